The van der Waals surface area contributed by atoms with E-state index in [1.54, 1.807) is 0 Å². The zero-order valence-corrected chi connectivity index (χ0v) is 11.5. The fourth-order valence-electron chi connectivity index (χ4n) is 3.20. The van der Waals surface area contributed by atoms with Crippen molar-refractivity contribution < 1.29 is 8.78 Å². The molecule has 0 amide bonds. The van der Waals surface area contributed by atoms with Gasteiger partial charge in [-0.05, 0) is 12.8 Å². The normalized spacial score (nSPS) is 28.6. The Morgan fingerprint density at radius 2 is 1.65 bits per heavy atom. The van der Waals surface area contributed by atoms with Crippen LogP contribution in [0.3, 0.4) is 0 Å². The number of alkyl halides is 1. The van der Waals surface area contributed by atoms with E-state index in [-0.39, 0.29) is 6.04 Å². The smallest absolute Gasteiger partial charge is 0.225 e. The van der Waals surface area contributed by atoms with Crippen molar-refractivity contribution in [3.05, 3.63) is 18.2 Å². The van der Waals surface area contributed by atoms with Gasteiger partial charge in [0.15, 0.2) is 5.82 Å². The molecule has 20 heavy (non-hydrogen) atoms. The third-order valence-electron chi connectivity index (χ3n) is 4.32. The fourth-order valence-corrected chi connectivity index (χ4v) is 3.20. The lowest BCUT2D eigenvalue weighted by molar-refractivity contribution is 0.0711. The maximum Gasteiger partial charge on any atom is 0.225 e. The molecule has 2 aliphatic rings. The van der Waals surface area contributed by atoms with E-state index in [0.29, 0.717) is 12.4 Å². The Labute approximate surface area is 117 Å². The van der Waals surface area contributed by atoms with Crippen LogP contribution in [0.2, 0.25) is 0 Å². The largest absolute Gasteiger partial charge is 0.338 e. The average molecular weight is 282 g/mol. The molecule has 1 aliphatic heterocycles. The van der Waals surface area contributed by atoms with Gasteiger partial charge in [0.05, 0.1) is 12.4 Å². The molecule has 1 saturated carbocycles. The van der Waals surface area contributed by atoms with Crippen LogP contribution in [0.25, 0.3) is 0 Å². The van der Waals surface area contributed by atoms with E-state index in [9.17, 15) is 8.78 Å². The Kier molecular flexibility index (Phi) is 4.10. The van der Waals surface area contributed by atoms with Gasteiger partial charge < -0.3 is 4.90 Å². The van der Waals surface area contributed by atoms with E-state index in [4.69, 9.17) is 0 Å². The molecular weight excluding hydrogens is 262 g/mol. The molecule has 1 aromatic heterocycles. The van der Waals surface area contributed by atoms with Crippen molar-refractivity contribution in [2.75, 3.05) is 31.1 Å². The van der Waals surface area contributed by atoms with Crippen molar-refractivity contribution >= 4 is 5.95 Å². The molecule has 0 radical (unpaired) electrons. The molecule has 0 spiro atoms. The Bertz CT molecular complexity index is 431. The van der Waals surface area contributed by atoms with Gasteiger partial charge in [-0.25, -0.2) is 18.7 Å². The molecule has 1 saturated heterocycles. The molecule has 110 valence electrons. The molecule has 2 heterocycles. The molecular formula is C14H20F2N4. The van der Waals surface area contributed by atoms with E-state index in [2.05, 4.69) is 14.9 Å². The maximum atomic E-state index is 14.0. The summed E-state index contributed by atoms with van der Waals surface area (Å²) >= 11 is 0. The minimum Gasteiger partial charge on any atom is -0.338 e. The van der Waals surface area contributed by atoms with Crippen LogP contribution in [0.5, 0.6) is 0 Å². The molecule has 3 rings (SSSR count). The predicted octanol–water partition coefficient (Wildman–Crippen LogP) is 2.02. The Hall–Kier alpha value is -1.30. The number of halogens is 2. The Morgan fingerprint density at radius 3 is 2.30 bits per heavy atom. The Morgan fingerprint density at radius 1 is 1.00 bits per heavy atom. The van der Waals surface area contributed by atoms with Crippen LogP contribution in [-0.2, 0) is 0 Å². The van der Waals surface area contributed by atoms with E-state index in [1.165, 1.54) is 12.4 Å². The quantitative estimate of drug-likeness (QED) is 0.830. The van der Waals surface area contributed by atoms with Crippen LogP contribution in [0.15, 0.2) is 12.4 Å². The van der Waals surface area contributed by atoms with Gasteiger partial charge in [-0.1, -0.05) is 12.8 Å². The highest BCUT2D eigenvalue weighted by molar-refractivity contribution is 5.29. The minimum absolute atomic E-state index is 0.0834. The molecule has 1 aromatic rings. The van der Waals surface area contributed by atoms with Gasteiger partial charge in [-0.3, -0.25) is 4.90 Å². The molecule has 2 fully saturated rings. The summed E-state index contributed by atoms with van der Waals surface area (Å²) in [6.45, 7) is 3.20. The van der Waals surface area contributed by atoms with Crippen molar-refractivity contribution in [3.8, 4) is 0 Å². The van der Waals surface area contributed by atoms with Crippen LogP contribution < -0.4 is 4.90 Å². The molecule has 4 nitrogen and oxygen atoms in total. The number of hydrogen-bond acceptors (Lipinski definition) is 4. The van der Waals surface area contributed by atoms with Gasteiger partial charge in [0.1, 0.15) is 6.17 Å². The first-order valence-electron chi connectivity index (χ1n) is 7.34. The summed E-state index contributed by atoms with van der Waals surface area (Å²) in [5, 5.41) is 0. The van der Waals surface area contributed by atoms with E-state index in [0.717, 1.165) is 45.4 Å². The number of anilines is 1. The Balaban J connectivity index is 1.57. The molecule has 0 N–H and O–H groups in total. The highest BCUT2D eigenvalue weighted by atomic mass is 19.1. The first kappa shape index (κ1) is 13.7. The third kappa shape index (κ3) is 2.90. The number of nitrogens with zero attached hydrogens (tertiary/aromatic N) is 4. The zero-order valence-electron chi connectivity index (χ0n) is 11.5. The fraction of sp³-hybridized carbons (Fsp3) is 0.714. The summed E-state index contributed by atoms with van der Waals surface area (Å²) in [5.41, 5.74) is 0. The average Bonchev–Trinajstić information content (AvgIpc) is 2.49. The lowest BCUT2D eigenvalue weighted by atomic mass is 9.92. The SMILES string of the molecule is Fc1cnc(N2CCN([C@@H]3CCCC[C@H]3F)CC2)nc1. The van der Waals surface area contributed by atoms with E-state index in [1.807, 2.05) is 4.90 Å². The molecule has 0 unspecified atom stereocenters. The summed E-state index contributed by atoms with van der Waals surface area (Å²) in [5.74, 6) is 0.140. The van der Waals surface area contributed by atoms with Crippen LogP contribution in [0, 0.1) is 5.82 Å². The lowest BCUT2D eigenvalue weighted by Crippen LogP contribution is -2.54. The summed E-state index contributed by atoms with van der Waals surface area (Å²) in [6, 6.07) is 0.0834. The predicted molar refractivity (Wildman–Crippen MR) is 72.9 cm³/mol. The molecule has 2 atom stereocenters. The number of aromatic nitrogens is 2. The van der Waals surface area contributed by atoms with Crippen molar-refractivity contribution in [1.82, 2.24) is 14.9 Å². The van der Waals surface area contributed by atoms with Gasteiger partial charge in [-0.15, -0.1) is 0 Å². The second-order valence-electron chi connectivity index (χ2n) is 5.59. The van der Waals surface area contributed by atoms with Gasteiger partial charge in [0, 0.05) is 32.2 Å². The maximum absolute atomic E-state index is 14.0. The second-order valence-corrected chi connectivity index (χ2v) is 5.59. The first-order chi connectivity index (χ1) is 9.74. The number of piperazine rings is 1. The standard InChI is InChI=1S/C14H20F2N4/c15-11-9-17-14(18-10-11)20-7-5-19(6-8-20)13-4-2-1-3-12(13)16/h9-10,12-13H,1-8H2/t12-,13-/m1/s1. The monoisotopic (exact) mass is 282 g/mol. The van der Waals surface area contributed by atoms with Gasteiger partial charge in [0.25, 0.3) is 0 Å². The van der Waals surface area contributed by atoms with Gasteiger partial charge >= 0.3 is 0 Å². The zero-order chi connectivity index (χ0) is 13.9. The summed E-state index contributed by atoms with van der Waals surface area (Å²) in [7, 11) is 0. The third-order valence-corrected chi connectivity index (χ3v) is 4.32. The first-order valence-corrected chi connectivity index (χ1v) is 7.34. The summed E-state index contributed by atoms with van der Waals surface area (Å²) in [4.78, 5) is 12.3. The van der Waals surface area contributed by atoms with Crippen molar-refractivity contribution in [2.24, 2.45) is 0 Å². The number of hydrogen-bond donors (Lipinski definition) is 0. The van der Waals surface area contributed by atoms with Crippen LogP contribution in [-0.4, -0.2) is 53.3 Å². The summed E-state index contributed by atoms with van der Waals surface area (Å²) < 4.78 is 26.8. The highest BCUT2D eigenvalue weighted by Gasteiger charge is 2.32. The molecule has 0 aromatic carbocycles. The van der Waals surface area contributed by atoms with E-state index >= 15 is 0 Å². The van der Waals surface area contributed by atoms with E-state index < -0.39 is 12.0 Å². The van der Waals surface area contributed by atoms with Gasteiger partial charge in [0.2, 0.25) is 5.95 Å². The second kappa shape index (κ2) is 5.99. The molecule has 0 bridgehead atoms. The van der Waals surface area contributed by atoms with Crippen molar-refractivity contribution in [3.63, 3.8) is 0 Å². The highest BCUT2D eigenvalue weighted by Crippen LogP contribution is 2.26. The van der Waals surface area contributed by atoms with Crippen molar-refractivity contribution in [1.29, 1.82) is 0 Å². The molecule has 1 aliphatic carbocycles. The number of rotatable bonds is 2. The van der Waals surface area contributed by atoms with Crippen LogP contribution in [0.1, 0.15) is 25.7 Å². The van der Waals surface area contributed by atoms with Gasteiger partial charge in [-0.2, -0.15) is 0 Å². The lowest BCUT2D eigenvalue weighted by Gasteiger charge is -2.41. The van der Waals surface area contributed by atoms with Crippen LogP contribution >= 0.6 is 0 Å². The van der Waals surface area contributed by atoms with Crippen LogP contribution in [0.4, 0.5) is 14.7 Å². The topological polar surface area (TPSA) is 32.3 Å². The summed E-state index contributed by atoms with van der Waals surface area (Å²) in [6.07, 6.45) is 5.51. The molecule has 6 heteroatoms. The van der Waals surface area contributed by atoms with Crippen molar-refractivity contribution in [2.45, 2.75) is 37.9 Å². The minimum atomic E-state index is -0.683.